The highest BCUT2D eigenvalue weighted by atomic mass is 16.4. The topological polar surface area (TPSA) is 152 Å². The van der Waals surface area contributed by atoms with Crippen molar-refractivity contribution in [1.82, 2.24) is 15.6 Å². The van der Waals surface area contributed by atoms with E-state index in [0.717, 1.165) is 57.8 Å². The molecule has 2 aromatic heterocycles. The van der Waals surface area contributed by atoms with Gasteiger partial charge in [-0.05, 0) is 62.6 Å². The lowest BCUT2D eigenvalue weighted by Gasteiger charge is -2.27. The lowest BCUT2D eigenvalue weighted by atomic mass is 9.86. The van der Waals surface area contributed by atoms with E-state index in [9.17, 15) is 24.3 Å². The maximum Gasteiger partial charge on any atom is 0.336 e. The van der Waals surface area contributed by atoms with Crippen molar-refractivity contribution in [2.75, 3.05) is 0 Å². The molecule has 2 fully saturated rings. The van der Waals surface area contributed by atoms with Gasteiger partial charge in [0.1, 0.15) is 5.84 Å². The maximum absolute atomic E-state index is 13.6. The molecule has 194 valence electrons. The van der Waals surface area contributed by atoms with E-state index < -0.39 is 23.0 Å². The molecule has 37 heavy (non-hydrogen) atoms. The Morgan fingerprint density at radius 1 is 0.865 bits per heavy atom. The number of carboxylic acids is 1. The SMILES string of the molecule is C[C@H]1CC[C@@H](NC(=O)c2cc(C(=O)O)c(C(=N)NC3CCCCC3)c3c4ccc(c(=O)[nH]c4=O)c23)CC1. The zero-order chi connectivity index (χ0) is 26.3. The summed E-state index contributed by atoms with van der Waals surface area (Å²) in [5.41, 5.74) is -1.53. The van der Waals surface area contributed by atoms with Crippen molar-refractivity contribution < 1.29 is 14.7 Å². The van der Waals surface area contributed by atoms with Crippen LogP contribution in [0.25, 0.3) is 21.5 Å². The number of benzene rings is 2. The lowest BCUT2D eigenvalue weighted by molar-refractivity contribution is 0.0696. The number of carbonyl (C=O) groups is 2. The van der Waals surface area contributed by atoms with E-state index in [1.807, 2.05) is 0 Å². The van der Waals surface area contributed by atoms with E-state index in [1.165, 1.54) is 18.2 Å². The van der Waals surface area contributed by atoms with Gasteiger partial charge in [0.05, 0.1) is 5.56 Å². The molecule has 2 aliphatic carbocycles. The van der Waals surface area contributed by atoms with Gasteiger partial charge in [-0.1, -0.05) is 26.2 Å². The second-order valence-corrected chi connectivity index (χ2v) is 10.6. The van der Waals surface area contributed by atoms with E-state index in [2.05, 4.69) is 22.5 Å². The van der Waals surface area contributed by atoms with Crippen LogP contribution in [0, 0.1) is 11.3 Å². The summed E-state index contributed by atoms with van der Waals surface area (Å²) >= 11 is 0. The van der Waals surface area contributed by atoms with Crippen molar-refractivity contribution in [2.24, 2.45) is 5.92 Å². The Labute approximate surface area is 213 Å². The molecule has 0 unspecified atom stereocenters. The van der Waals surface area contributed by atoms with Gasteiger partial charge < -0.3 is 15.7 Å². The highest BCUT2D eigenvalue weighted by Gasteiger charge is 2.29. The zero-order valence-corrected chi connectivity index (χ0v) is 20.9. The van der Waals surface area contributed by atoms with Crippen LogP contribution in [-0.2, 0) is 0 Å². The average Bonchev–Trinajstić information content (AvgIpc) is 3.08. The zero-order valence-electron chi connectivity index (χ0n) is 20.9. The molecule has 0 aliphatic heterocycles. The number of hydrogen-bond donors (Lipinski definition) is 5. The van der Waals surface area contributed by atoms with Gasteiger partial charge in [-0.2, -0.15) is 0 Å². The first kappa shape index (κ1) is 24.9. The molecule has 1 amide bonds. The first-order chi connectivity index (χ1) is 17.7. The Morgan fingerprint density at radius 3 is 2.08 bits per heavy atom. The number of carbonyl (C=O) groups excluding carboxylic acids is 1. The molecule has 5 N–H and O–H groups in total. The largest absolute Gasteiger partial charge is 0.478 e. The van der Waals surface area contributed by atoms with Crippen LogP contribution in [0.5, 0.6) is 0 Å². The maximum atomic E-state index is 13.6. The van der Waals surface area contributed by atoms with Crippen molar-refractivity contribution in [2.45, 2.75) is 76.8 Å². The summed E-state index contributed by atoms with van der Waals surface area (Å²) in [5, 5.41) is 25.8. The summed E-state index contributed by atoms with van der Waals surface area (Å²) in [6.45, 7) is 2.18. The van der Waals surface area contributed by atoms with Crippen molar-refractivity contribution in [3.8, 4) is 0 Å². The number of amidine groups is 1. The van der Waals surface area contributed by atoms with Crippen LogP contribution in [0.4, 0.5) is 0 Å². The van der Waals surface area contributed by atoms with Gasteiger partial charge in [0, 0.05) is 44.8 Å². The van der Waals surface area contributed by atoms with E-state index in [1.54, 1.807) is 0 Å². The summed E-state index contributed by atoms with van der Waals surface area (Å²) in [4.78, 5) is 54.2. The summed E-state index contributed by atoms with van der Waals surface area (Å²) in [6, 6.07) is 4.17. The van der Waals surface area contributed by atoms with Crippen molar-refractivity contribution in [3.05, 3.63) is 55.6 Å². The number of aromatic carboxylic acids is 1. The van der Waals surface area contributed by atoms with Crippen LogP contribution in [0.1, 0.15) is 91.0 Å². The molecule has 2 aromatic carbocycles. The van der Waals surface area contributed by atoms with Crippen LogP contribution in [-0.4, -0.2) is 39.9 Å². The molecule has 2 heterocycles. The van der Waals surface area contributed by atoms with E-state index >= 15 is 0 Å². The number of amides is 1. The standard InChI is InChI=1S/C28H32N4O5/c1-14-7-9-16(10-8-14)31-27(35)19-13-20(28(36)37)23(24(29)30-15-5-3-2-4-6-15)22-18-12-11-17(21(19)22)25(33)32-26(18)34/h11-16H,2-10H2,1H3,(H2,29,30)(H,31,35)(H,36,37)(H,32,33,34)/t14-,16+. The quantitative estimate of drug-likeness (QED) is 0.264. The molecular weight excluding hydrogens is 472 g/mol. The summed E-state index contributed by atoms with van der Waals surface area (Å²) in [6.07, 6.45) is 8.49. The Balaban J connectivity index is 1.72. The highest BCUT2D eigenvalue weighted by molar-refractivity contribution is 6.27. The minimum atomic E-state index is -1.31. The van der Waals surface area contributed by atoms with E-state index in [-0.39, 0.29) is 56.2 Å². The monoisotopic (exact) mass is 504 g/mol. The number of aromatic nitrogens is 1. The second-order valence-electron chi connectivity index (χ2n) is 10.6. The van der Waals surface area contributed by atoms with Gasteiger partial charge in [-0.25, -0.2) is 4.79 Å². The average molecular weight is 505 g/mol. The number of hydrogen-bond acceptors (Lipinski definition) is 5. The van der Waals surface area contributed by atoms with Gasteiger partial charge in [-0.3, -0.25) is 24.8 Å². The fourth-order valence-corrected chi connectivity index (χ4v) is 5.98. The molecule has 9 heteroatoms. The molecule has 0 atom stereocenters. The minimum absolute atomic E-state index is 0.0156. The van der Waals surface area contributed by atoms with E-state index in [4.69, 9.17) is 5.41 Å². The van der Waals surface area contributed by atoms with Gasteiger partial charge >= 0.3 is 5.97 Å². The number of nitrogens with one attached hydrogen (secondary N) is 4. The van der Waals surface area contributed by atoms with Gasteiger partial charge in [0.25, 0.3) is 17.0 Å². The number of aromatic amines is 1. The Hall–Kier alpha value is -3.75. The number of fused-ring (bicyclic) bond motifs is 3. The van der Waals surface area contributed by atoms with Gasteiger partial charge in [-0.15, -0.1) is 0 Å². The number of rotatable bonds is 5. The third kappa shape index (κ3) is 4.70. The fourth-order valence-electron chi connectivity index (χ4n) is 5.98. The number of carboxylic acid groups (broad SMARTS) is 1. The van der Waals surface area contributed by atoms with Gasteiger partial charge in [0.2, 0.25) is 0 Å². The lowest BCUT2D eigenvalue weighted by Crippen LogP contribution is -2.38. The van der Waals surface area contributed by atoms with Crippen LogP contribution in [0.3, 0.4) is 0 Å². The molecule has 0 saturated heterocycles. The van der Waals surface area contributed by atoms with Crippen molar-refractivity contribution >= 4 is 39.3 Å². The molecule has 2 saturated carbocycles. The predicted octanol–water partition coefficient (Wildman–Crippen LogP) is 3.73. The first-order valence-corrected chi connectivity index (χ1v) is 13.1. The fraction of sp³-hybridized carbons (Fsp3) is 0.464. The van der Waals surface area contributed by atoms with Crippen LogP contribution < -0.4 is 21.8 Å². The molecule has 9 nitrogen and oxygen atoms in total. The molecule has 4 aromatic rings. The molecule has 2 bridgehead atoms. The van der Waals surface area contributed by atoms with Crippen LogP contribution in [0.2, 0.25) is 0 Å². The normalized spacial score (nSPS) is 20.7. The van der Waals surface area contributed by atoms with E-state index in [0.29, 0.717) is 5.92 Å². The predicted molar refractivity (Wildman–Crippen MR) is 142 cm³/mol. The first-order valence-electron chi connectivity index (χ1n) is 13.1. The van der Waals surface area contributed by atoms with Crippen LogP contribution in [0.15, 0.2) is 27.8 Å². The molecule has 2 aliphatic rings. The van der Waals surface area contributed by atoms with Crippen molar-refractivity contribution in [1.29, 1.82) is 5.41 Å². The molecule has 0 spiro atoms. The summed E-state index contributed by atoms with van der Waals surface area (Å²) < 4.78 is 0. The Kier molecular flexibility index (Phi) is 6.70. The molecule has 0 radical (unpaired) electrons. The minimum Gasteiger partial charge on any atom is -0.478 e. The summed E-state index contributed by atoms with van der Waals surface area (Å²) in [5.74, 6) is -1.32. The number of H-pyrrole nitrogens is 1. The highest BCUT2D eigenvalue weighted by Crippen LogP contribution is 2.33. The Bertz CT molecular complexity index is 1500. The smallest absolute Gasteiger partial charge is 0.336 e. The van der Waals surface area contributed by atoms with Crippen LogP contribution >= 0.6 is 0 Å². The summed E-state index contributed by atoms with van der Waals surface area (Å²) in [7, 11) is 0. The third-order valence-corrected chi connectivity index (χ3v) is 8.03. The van der Waals surface area contributed by atoms with Gasteiger partial charge in [0.15, 0.2) is 0 Å². The Morgan fingerprint density at radius 2 is 1.46 bits per heavy atom. The van der Waals surface area contributed by atoms with Crippen molar-refractivity contribution in [3.63, 3.8) is 0 Å². The molecule has 6 rings (SSSR count). The third-order valence-electron chi connectivity index (χ3n) is 8.03. The molecular formula is C28H32N4O5. The second kappa shape index (κ2) is 9.95.